The molecule has 0 unspecified atom stereocenters. The predicted octanol–water partition coefficient (Wildman–Crippen LogP) is 3.29. The number of esters is 1. The molecule has 0 atom stereocenters. The molecule has 0 bridgehead atoms. The summed E-state index contributed by atoms with van der Waals surface area (Å²) in [7, 11) is -2.48. The van der Waals surface area contributed by atoms with E-state index in [1.807, 2.05) is 0 Å². The van der Waals surface area contributed by atoms with Gasteiger partial charge in [0.15, 0.2) is 11.6 Å². The third-order valence-corrected chi connectivity index (χ3v) is 5.39. The number of amidine groups is 1. The van der Waals surface area contributed by atoms with Gasteiger partial charge in [0.25, 0.3) is 10.0 Å². The maximum absolute atomic E-state index is 12.4. The summed E-state index contributed by atoms with van der Waals surface area (Å²) in [6, 6.07) is 16.6. The number of hydrogen-bond donors (Lipinski definition) is 1. The van der Waals surface area contributed by atoms with Crippen molar-refractivity contribution in [2.45, 2.75) is 4.90 Å². The fourth-order valence-electron chi connectivity index (χ4n) is 2.73. The van der Waals surface area contributed by atoms with Crippen molar-refractivity contribution in [1.29, 1.82) is 0 Å². The zero-order valence-corrected chi connectivity index (χ0v) is 15.0. The number of methoxy groups -OCH3 is 1. The number of nitrogens with one attached hydrogen (secondary N) is 1. The summed E-state index contributed by atoms with van der Waals surface area (Å²) >= 11 is 0. The van der Waals surface area contributed by atoms with Crippen LogP contribution in [0.3, 0.4) is 0 Å². The van der Waals surface area contributed by atoms with Crippen LogP contribution in [0.1, 0.15) is 16.1 Å². The molecule has 3 aromatic rings. The quantitative estimate of drug-likeness (QED) is 0.698. The number of anilines is 1. The third kappa shape index (κ3) is 3.11. The minimum absolute atomic E-state index is 0.117. The molecule has 0 spiro atoms. The van der Waals surface area contributed by atoms with Gasteiger partial charge < -0.3 is 14.5 Å². The second-order valence-corrected chi connectivity index (χ2v) is 7.34. The van der Waals surface area contributed by atoms with Crippen molar-refractivity contribution in [2.24, 2.45) is 4.40 Å². The van der Waals surface area contributed by atoms with Gasteiger partial charge in [0, 0.05) is 5.56 Å². The standard InChI is InChI=1S/C19H14N2O5S/c1-25-19(22)13-8-6-12(7-9-13)15-10-11-16(26-15)18-20-14-4-2-3-5-17(14)27(23,24)21-18/h2-11H,1H3,(H,20,21). The molecule has 7 nitrogen and oxygen atoms in total. The molecule has 27 heavy (non-hydrogen) atoms. The normalized spacial score (nSPS) is 14.6. The number of benzene rings is 2. The summed E-state index contributed by atoms with van der Waals surface area (Å²) in [6.07, 6.45) is 0. The summed E-state index contributed by atoms with van der Waals surface area (Å²) in [5.41, 5.74) is 1.60. The van der Waals surface area contributed by atoms with E-state index in [0.29, 0.717) is 22.8 Å². The predicted molar refractivity (Wildman–Crippen MR) is 99.3 cm³/mol. The first kappa shape index (κ1) is 17.0. The molecule has 0 fully saturated rings. The highest BCUT2D eigenvalue weighted by molar-refractivity contribution is 7.90. The van der Waals surface area contributed by atoms with Gasteiger partial charge in [-0.25, -0.2) is 4.79 Å². The summed E-state index contributed by atoms with van der Waals surface area (Å²) in [5.74, 6) is 0.500. The average Bonchev–Trinajstić information content (AvgIpc) is 3.17. The van der Waals surface area contributed by atoms with Crippen LogP contribution in [0.25, 0.3) is 11.3 Å². The molecule has 0 radical (unpaired) electrons. The van der Waals surface area contributed by atoms with Crippen molar-refractivity contribution in [3.8, 4) is 11.3 Å². The Labute approximate surface area is 155 Å². The molecule has 0 aliphatic carbocycles. The largest absolute Gasteiger partial charge is 0.465 e. The number of carbonyl (C=O) groups is 1. The second-order valence-electron chi connectivity index (χ2n) is 5.77. The molecule has 0 saturated carbocycles. The number of fused-ring (bicyclic) bond motifs is 1. The minimum atomic E-state index is -3.80. The molecule has 2 aromatic carbocycles. The molecule has 1 aromatic heterocycles. The van der Waals surface area contributed by atoms with Gasteiger partial charge in [-0.2, -0.15) is 8.42 Å². The van der Waals surface area contributed by atoms with Crippen LogP contribution in [0.15, 0.2) is 74.4 Å². The Morgan fingerprint density at radius 3 is 2.44 bits per heavy atom. The van der Waals surface area contributed by atoms with Crippen LogP contribution in [0.2, 0.25) is 0 Å². The number of furan rings is 1. The summed E-state index contributed by atoms with van der Waals surface area (Å²) in [6.45, 7) is 0. The van der Waals surface area contributed by atoms with Gasteiger partial charge in [0.2, 0.25) is 0 Å². The van der Waals surface area contributed by atoms with E-state index in [1.54, 1.807) is 54.6 Å². The molecule has 0 amide bonds. The highest BCUT2D eigenvalue weighted by atomic mass is 32.2. The molecular formula is C19H14N2O5S. The van der Waals surface area contributed by atoms with E-state index in [2.05, 4.69) is 14.5 Å². The van der Waals surface area contributed by atoms with E-state index in [4.69, 9.17) is 4.42 Å². The lowest BCUT2D eigenvalue weighted by molar-refractivity contribution is 0.0600. The average molecular weight is 382 g/mol. The number of hydrogen-bond acceptors (Lipinski definition) is 6. The van der Waals surface area contributed by atoms with E-state index in [9.17, 15) is 13.2 Å². The minimum Gasteiger partial charge on any atom is -0.465 e. The van der Waals surface area contributed by atoms with E-state index in [0.717, 1.165) is 5.56 Å². The van der Waals surface area contributed by atoms with Crippen LogP contribution < -0.4 is 5.32 Å². The lowest BCUT2D eigenvalue weighted by Gasteiger charge is -2.16. The Morgan fingerprint density at radius 1 is 1.00 bits per heavy atom. The molecule has 136 valence electrons. The van der Waals surface area contributed by atoms with Crippen LogP contribution in [0.5, 0.6) is 0 Å². The Hall–Kier alpha value is -3.39. The molecule has 2 heterocycles. The van der Waals surface area contributed by atoms with Gasteiger partial charge >= 0.3 is 5.97 Å². The smallest absolute Gasteiger partial charge is 0.337 e. The van der Waals surface area contributed by atoms with Gasteiger partial charge in [0.05, 0.1) is 18.4 Å². The summed E-state index contributed by atoms with van der Waals surface area (Å²) < 4.78 is 38.9. The van der Waals surface area contributed by atoms with E-state index >= 15 is 0 Å². The van der Waals surface area contributed by atoms with E-state index < -0.39 is 16.0 Å². The lowest BCUT2D eigenvalue weighted by Crippen LogP contribution is -2.21. The molecular weight excluding hydrogens is 368 g/mol. The molecule has 0 saturated heterocycles. The van der Waals surface area contributed by atoms with Crippen LogP contribution in [-0.4, -0.2) is 27.3 Å². The highest BCUT2D eigenvalue weighted by Crippen LogP contribution is 2.30. The number of ether oxygens (including phenoxy) is 1. The van der Waals surface area contributed by atoms with Crippen molar-refractivity contribution in [2.75, 3.05) is 12.4 Å². The Morgan fingerprint density at radius 2 is 1.70 bits per heavy atom. The maximum atomic E-state index is 12.4. The number of carbonyl (C=O) groups excluding carboxylic acids is 1. The number of para-hydroxylation sites is 1. The first-order valence-corrected chi connectivity index (χ1v) is 9.42. The zero-order valence-electron chi connectivity index (χ0n) is 14.2. The summed E-state index contributed by atoms with van der Waals surface area (Å²) in [4.78, 5) is 11.6. The van der Waals surface area contributed by atoms with Crippen molar-refractivity contribution < 1.29 is 22.4 Å². The maximum Gasteiger partial charge on any atom is 0.337 e. The Balaban J connectivity index is 1.66. The third-order valence-electron chi connectivity index (χ3n) is 4.06. The monoisotopic (exact) mass is 382 g/mol. The number of nitrogens with zero attached hydrogens (tertiary/aromatic N) is 1. The lowest BCUT2D eigenvalue weighted by atomic mass is 10.1. The van der Waals surface area contributed by atoms with Gasteiger partial charge in [-0.1, -0.05) is 24.3 Å². The second kappa shape index (κ2) is 6.40. The first-order valence-electron chi connectivity index (χ1n) is 7.98. The van der Waals surface area contributed by atoms with Crippen LogP contribution in [0, 0.1) is 0 Å². The van der Waals surface area contributed by atoms with Crippen molar-refractivity contribution in [1.82, 2.24) is 0 Å². The van der Waals surface area contributed by atoms with Gasteiger partial charge in [-0.3, -0.25) is 0 Å². The molecule has 1 aliphatic rings. The van der Waals surface area contributed by atoms with Crippen molar-refractivity contribution in [3.05, 3.63) is 72.0 Å². The topological polar surface area (TPSA) is 98.0 Å². The highest BCUT2D eigenvalue weighted by Gasteiger charge is 2.26. The van der Waals surface area contributed by atoms with Crippen molar-refractivity contribution >= 4 is 27.5 Å². The first-order chi connectivity index (χ1) is 13.0. The Bertz CT molecular complexity index is 1160. The van der Waals surface area contributed by atoms with Gasteiger partial charge in [0.1, 0.15) is 10.7 Å². The van der Waals surface area contributed by atoms with Gasteiger partial charge in [-0.15, -0.1) is 4.40 Å². The fourth-order valence-corrected chi connectivity index (χ4v) is 3.85. The SMILES string of the molecule is COC(=O)c1ccc(-c2ccc(C3=NS(=O)(=O)c4ccccc4N3)o2)cc1. The summed E-state index contributed by atoms with van der Waals surface area (Å²) in [5, 5.41) is 2.98. The Kier molecular flexibility index (Phi) is 4.04. The zero-order chi connectivity index (χ0) is 19.0. The molecule has 8 heteroatoms. The van der Waals surface area contributed by atoms with Crippen LogP contribution in [-0.2, 0) is 14.8 Å². The van der Waals surface area contributed by atoms with Gasteiger partial charge in [-0.05, 0) is 36.4 Å². The van der Waals surface area contributed by atoms with Crippen LogP contribution >= 0.6 is 0 Å². The van der Waals surface area contributed by atoms with E-state index in [-0.39, 0.29) is 10.7 Å². The molecule has 1 N–H and O–H groups in total. The van der Waals surface area contributed by atoms with Crippen LogP contribution in [0.4, 0.5) is 5.69 Å². The van der Waals surface area contributed by atoms with Crippen molar-refractivity contribution in [3.63, 3.8) is 0 Å². The molecule has 4 rings (SSSR count). The van der Waals surface area contributed by atoms with E-state index in [1.165, 1.54) is 13.2 Å². The molecule has 1 aliphatic heterocycles. The fraction of sp³-hybridized carbons (Fsp3) is 0.0526. The number of rotatable bonds is 3. The number of sulfonamides is 1.